The van der Waals surface area contributed by atoms with Crippen LogP contribution in [0.4, 0.5) is 0 Å². The Morgan fingerprint density at radius 1 is 1.06 bits per heavy atom. The number of hydrogen-bond acceptors (Lipinski definition) is 4. The van der Waals surface area contributed by atoms with Crippen LogP contribution in [0, 0.1) is 31.1 Å². The highest BCUT2D eigenvalue weighted by molar-refractivity contribution is 5.93. The quantitative estimate of drug-likeness (QED) is 0.352. The first-order valence-corrected chi connectivity index (χ1v) is 13.0. The molecule has 35 heavy (non-hydrogen) atoms. The third-order valence-electron chi connectivity index (χ3n) is 9.16. The van der Waals surface area contributed by atoms with Crippen molar-refractivity contribution in [2.75, 3.05) is 0 Å². The van der Waals surface area contributed by atoms with E-state index in [0.717, 1.165) is 41.9 Å². The van der Waals surface area contributed by atoms with Gasteiger partial charge in [0.15, 0.2) is 0 Å². The van der Waals surface area contributed by atoms with Crippen molar-refractivity contribution in [2.24, 2.45) is 27.5 Å². The van der Waals surface area contributed by atoms with Gasteiger partial charge in [0.1, 0.15) is 5.75 Å². The second-order valence-electron chi connectivity index (χ2n) is 10.9. The lowest BCUT2D eigenvalue weighted by molar-refractivity contribution is 0.0955. The lowest BCUT2D eigenvalue weighted by atomic mass is 9.55. The van der Waals surface area contributed by atoms with E-state index >= 15 is 0 Å². The van der Waals surface area contributed by atoms with Gasteiger partial charge in [0.05, 0.1) is 23.3 Å². The fourth-order valence-electron chi connectivity index (χ4n) is 7.34. The maximum absolute atomic E-state index is 9.93. The van der Waals surface area contributed by atoms with Crippen molar-refractivity contribution in [3.8, 4) is 11.4 Å². The summed E-state index contributed by atoms with van der Waals surface area (Å²) in [6.45, 7) is 6.57. The van der Waals surface area contributed by atoms with Gasteiger partial charge in [-0.2, -0.15) is 15.3 Å². The molecule has 2 aromatic carbocycles. The first kappa shape index (κ1) is 22.3. The summed E-state index contributed by atoms with van der Waals surface area (Å²) >= 11 is 0. The van der Waals surface area contributed by atoms with E-state index in [1.807, 2.05) is 48.2 Å². The Morgan fingerprint density at radius 2 is 1.89 bits per heavy atom. The zero-order valence-electron chi connectivity index (χ0n) is 20.9. The molecule has 5 nitrogen and oxygen atoms in total. The fraction of sp³-hybridized carbons (Fsp3) is 0.433. The molecule has 2 saturated carbocycles. The summed E-state index contributed by atoms with van der Waals surface area (Å²) in [6, 6.07) is 16.3. The number of aromatic hydroxyl groups is 1. The normalized spacial score (nSPS) is 28.8. The number of para-hydroxylation sites is 1. The van der Waals surface area contributed by atoms with Gasteiger partial charge in [-0.25, -0.2) is 4.68 Å². The van der Waals surface area contributed by atoms with Crippen LogP contribution in [0.5, 0.6) is 5.75 Å². The van der Waals surface area contributed by atoms with Gasteiger partial charge in [0, 0.05) is 16.7 Å². The largest absolute Gasteiger partial charge is 0.508 e. The average Bonchev–Trinajstić information content (AvgIpc) is 3.35. The molecule has 0 radical (unpaired) electrons. The predicted octanol–water partition coefficient (Wildman–Crippen LogP) is 6.53. The van der Waals surface area contributed by atoms with Gasteiger partial charge in [0.2, 0.25) is 0 Å². The van der Waals surface area contributed by atoms with Crippen LogP contribution in [0.15, 0.2) is 58.7 Å². The molecule has 1 heterocycles. The Kier molecular flexibility index (Phi) is 5.39. The number of aromatic nitrogens is 2. The van der Waals surface area contributed by atoms with Gasteiger partial charge in [-0.3, -0.25) is 0 Å². The summed E-state index contributed by atoms with van der Waals surface area (Å²) in [6.07, 6.45) is 8.81. The van der Waals surface area contributed by atoms with Crippen LogP contribution in [0.25, 0.3) is 5.69 Å². The molecule has 0 unspecified atom stereocenters. The SMILES string of the molecule is Cc1nn(-c2ccccc2)c(C)c1C=NN=C1CC[C@@H]2[C@@H]3CCc4cc(O)ccc4[C@H]3CC[C@@]12C. The molecule has 0 amide bonds. The van der Waals surface area contributed by atoms with E-state index in [-0.39, 0.29) is 5.41 Å². The molecular formula is C30H34N4O. The molecular weight excluding hydrogens is 432 g/mol. The third kappa shape index (κ3) is 3.64. The van der Waals surface area contributed by atoms with Crippen LogP contribution in [0.3, 0.4) is 0 Å². The summed E-state index contributed by atoms with van der Waals surface area (Å²) in [4.78, 5) is 0. The Labute approximate surface area is 207 Å². The van der Waals surface area contributed by atoms with E-state index in [1.165, 1.54) is 36.1 Å². The summed E-state index contributed by atoms with van der Waals surface area (Å²) in [7, 11) is 0. The molecule has 4 atom stereocenters. The minimum absolute atomic E-state index is 0.144. The van der Waals surface area contributed by atoms with E-state index in [9.17, 15) is 5.11 Å². The molecule has 0 spiro atoms. The highest BCUT2D eigenvalue weighted by Crippen LogP contribution is 2.60. The van der Waals surface area contributed by atoms with Gasteiger partial charge in [-0.05, 0) is 106 Å². The van der Waals surface area contributed by atoms with E-state index in [0.29, 0.717) is 23.5 Å². The number of hydrogen-bond donors (Lipinski definition) is 1. The molecule has 0 bridgehead atoms. The Balaban J connectivity index is 1.24. The zero-order chi connectivity index (χ0) is 24.2. The molecule has 0 saturated heterocycles. The minimum atomic E-state index is 0.144. The van der Waals surface area contributed by atoms with Crippen LogP contribution in [-0.4, -0.2) is 26.8 Å². The molecule has 1 N–H and O–H groups in total. The summed E-state index contributed by atoms with van der Waals surface area (Å²) in [5, 5.41) is 24.1. The smallest absolute Gasteiger partial charge is 0.115 e. The number of rotatable bonds is 3. The van der Waals surface area contributed by atoms with Crippen molar-refractivity contribution in [1.29, 1.82) is 0 Å². The topological polar surface area (TPSA) is 62.8 Å². The maximum Gasteiger partial charge on any atom is 0.115 e. The number of benzene rings is 2. The molecule has 3 aromatic rings. The summed E-state index contributed by atoms with van der Waals surface area (Å²) < 4.78 is 1.98. The van der Waals surface area contributed by atoms with Gasteiger partial charge in [-0.1, -0.05) is 31.2 Å². The monoisotopic (exact) mass is 466 g/mol. The van der Waals surface area contributed by atoms with Crippen molar-refractivity contribution >= 4 is 11.9 Å². The molecule has 3 aliphatic carbocycles. The lowest BCUT2D eigenvalue weighted by Gasteiger charge is -2.49. The van der Waals surface area contributed by atoms with Crippen molar-refractivity contribution < 1.29 is 5.11 Å². The third-order valence-corrected chi connectivity index (χ3v) is 9.16. The molecule has 5 heteroatoms. The van der Waals surface area contributed by atoms with Crippen LogP contribution < -0.4 is 0 Å². The molecule has 2 fully saturated rings. The van der Waals surface area contributed by atoms with E-state index in [2.05, 4.69) is 37.1 Å². The summed E-state index contributed by atoms with van der Waals surface area (Å²) in [5.41, 5.74) is 8.42. The number of phenolic OH excluding ortho intramolecular Hbond substituents is 1. The standard InChI is InChI=1S/C30H34N4O/c1-19-27(20(2)34(33-19)22-7-5-4-6-8-22)18-31-32-29-14-13-28-26-11-9-21-17-23(35)10-12-24(21)25(26)15-16-30(28,29)3/h4-8,10,12,17-18,25-26,28,35H,9,11,13-16H2,1-3H3/t25-,26-,28-,30-/m1/s1. The first-order chi connectivity index (χ1) is 17.0. The Morgan fingerprint density at radius 3 is 2.71 bits per heavy atom. The maximum atomic E-state index is 9.93. The average molecular weight is 467 g/mol. The molecule has 0 aliphatic heterocycles. The van der Waals surface area contributed by atoms with E-state index in [1.54, 1.807) is 0 Å². The lowest BCUT2D eigenvalue weighted by Crippen LogP contribution is -2.42. The Hall–Kier alpha value is -3.21. The van der Waals surface area contributed by atoms with E-state index < -0.39 is 0 Å². The van der Waals surface area contributed by atoms with Crippen molar-refractivity contribution in [3.05, 3.63) is 76.6 Å². The molecule has 6 rings (SSSR count). The van der Waals surface area contributed by atoms with Crippen LogP contribution in [-0.2, 0) is 6.42 Å². The number of fused-ring (bicyclic) bond motifs is 5. The highest BCUT2D eigenvalue weighted by Gasteiger charge is 2.53. The van der Waals surface area contributed by atoms with E-state index in [4.69, 9.17) is 10.2 Å². The Bertz CT molecular complexity index is 1320. The van der Waals surface area contributed by atoms with Gasteiger partial charge < -0.3 is 5.11 Å². The number of aryl methyl sites for hydroxylation is 2. The van der Waals surface area contributed by atoms with Crippen LogP contribution in [0.2, 0.25) is 0 Å². The zero-order valence-corrected chi connectivity index (χ0v) is 20.9. The fourth-order valence-corrected chi connectivity index (χ4v) is 7.34. The summed E-state index contributed by atoms with van der Waals surface area (Å²) in [5.74, 6) is 2.39. The number of phenols is 1. The van der Waals surface area contributed by atoms with Gasteiger partial charge >= 0.3 is 0 Å². The second kappa shape index (κ2) is 8.47. The van der Waals surface area contributed by atoms with Crippen molar-refractivity contribution in [3.63, 3.8) is 0 Å². The van der Waals surface area contributed by atoms with Crippen molar-refractivity contribution in [2.45, 2.75) is 65.2 Å². The molecule has 1 aromatic heterocycles. The molecule has 180 valence electrons. The second-order valence-corrected chi connectivity index (χ2v) is 10.9. The van der Waals surface area contributed by atoms with Crippen LogP contribution >= 0.6 is 0 Å². The minimum Gasteiger partial charge on any atom is -0.508 e. The number of nitrogens with zero attached hydrogens (tertiary/aromatic N) is 4. The molecule has 3 aliphatic rings. The first-order valence-electron chi connectivity index (χ1n) is 13.0. The highest BCUT2D eigenvalue weighted by atomic mass is 16.3. The predicted molar refractivity (Wildman–Crippen MR) is 141 cm³/mol. The van der Waals surface area contributed by atoms with Gasteiger partial charge in [-0.15, -0.1) is 0 Å². The van der Waals surface area contributed by atoms with Crippen LogP contribution in [0.1, 0.15) is 73.0 Å². The van der Waals surface area contributed by atoms with Crippen molar-refractivity contribution in [1.82, 2.24) is 9.78 Å². The van der Waals surface area contributed by atoms with Gasteiger partial charge in [0.25, 0.3) is 0 Å².